The van der Waals surface area contributed by atoms with Crippen molar-refractivity contribution >= 4 is 5.91 Å². The lowest BCUT2D eigenvalue weighted by molar-refractivity contribution is -0.139. The van der Waals surface area contributed by atoms with Gasteiger partial charge in [0.15, 0.2) is 0 Å². The number of ether oxygens (including phenoxy) is 1. The highest BCUT2D eigenvalue weighted by Gasteiger charge is 2.31. The Labute approximate surface area is 115 Å². The van der Waals surface area contributed by atoms with E-state index in [2.05, 4.69) is 45.0 Å². The third kappa shape index (κ3) is 3.16. The molecule has 2 rings (SSSR count). The van der Waals surface area contributed by atoms with Gasteiger partial charge in [-0.3, -0.25) is 4.79 Å². The number of hydrogen-bond acceptors (Lipinski definition) is 2. The van der Waals surface area contributed by atoms with E-state index in [4.69, 9.17) is 4.74 Å². The third-order valence-corrected chi connectivity index (χ3v) is 3.75. The second kappa shape index (κ2) is 5.33. The Hall–Kier alpha value is -1.35. The Morgan fingerprint density at radius 3 is 2.32 bits per heavy atom. The van der Waals surface area contributed by atoms with E-state index in [0.717, 1.165) is 13.1 Å². The fourth-order valence-electron chi connectivity index (χ4n) is 2.36. The van der Waals surface area contributed by atoms with Crippen LogP contribution in [0.15, 0.2) is 24.3 Å². The molecule has 0 aliphatic carbocycles. The highest BCUT2D eigenvalue weighted by Crippen LogP contribution is 2.29. The van der Waals surface area contributed by atoms with Crippen molar-refractivity contribution in [2.45, 2.75) is 32.1 Å². The summed E-state index contributed by atoms with van der Waals surface area (Å²) in [6, 6.07) is 8.80. The summed E-state index contributed by atoms with van der Waals surface area (Å²) in [6.07, 6.45) is 0. The van der Waals surface area contributed by atoms with E-state index >= 15 is 0 Å². The first-order valence-corrected chi connectivity index (χ1v) is 6.79. The zero-order chi connectivity index (χ0) is 14.0. The van der Waals surface area contributed by atoms with Crippen molar-refractivity contribution in [2.75, 3.05) is 26.8 Å². The summed E-state index contributed by atoms with van der Waals surface area (Å²) in [7, 11) is 1.56. The normalized spacial score (nSPS) is 16.3. The first kappa shape index (κ1) is 14.1. The van der Waals surface area contributed by atoms with E-state index < -0.39 is 0 Å². The number of carbonyl (C=O) groups excluding carboxylic acids is 1. The molecule has 0 atom stereocenters. The molecule has 0 spiro atoms. The molecular weight excluding hydrogens is 238 g/mol. The molecule has 3 nitrogen and oxygen atoms in total. The Bertz CT molecular complexity index is 439. The highest BCUT2D eigenvalue weighted by molar-refractivity contribution is 5.78. The van der Waals surface area contributed by atoms with Gasteiger partial charge in [0.1, 0.15) is 6.61 Å². The lowest BCUT2D eigenvalue weighted by Gasteiger charge is -2.39. The van der Waals surface area contributed by atoms with E-state index in [1.54, 1.807) is 7.11 Å². The summed E-state index contributed by atoms with van der Waals surface area (Å²) >= 11 is 0. The Balaban J connectivity index is 1.94. The van der Waals surface area contributed by atoms with Gasteiger partial charge in [-0.1, -0.05) is 45.0 Å². The standard InChI is InChI=1S/C16H23NO2/c1-16(2,3)14-7-5-12(6-8-14)13-9-17(10-13)15(18)11-19-4/h5-8,13H,9-11H2,1-4H3. The van der Waals surface area contributed by atoms with Gasteiger partial charge in [0.2, 0.25) is 5.91 Å². The van der Waals surface area contributed by atoms with E-state index in [1.165, 1.54) is 11.1 Å². The highest BCUT2D eigenvalue weighted by atomic mass is 16.5. The second-order valence-electron chi connectivity index (χ2n) is 6.30. The van der Waals surface area contributed by atoms with Crippen molar-refractivity contribution in [3.05, 3.63) is 35.4 Å². The summed E-state index contributed by atoms with van der Waals surface area (Å²) in [5.74, 6) is 0.569. The summed E-state index contributed by atoms with van der Waals surface area (Å²) in [4.78, 5) is 13.4. The smallest absolute Gasteiger partial charge is 0.248 e. The van der Waals surface area contributed by atoms with E-state index in [1.807, 2.05) is 4.90 Å². The lowest BCUT2D eigenvalue weighted by atomic mass is 9.84. The van der Waals surface area contributed by atoms with Crippen molar-refractivity contribution in [2.24, 2.45) is 0 Å². The number of nitrogens with zero attached hydrogens (tertiary/aromatic N) is 1. The van der Waals surface area contributed by atoms with Crippen LogP contribution in [0, 0.1) is 0 Å². The minimum absolute atomic E-state index is 0.0880. The molecule has 0 radical (unpaired) electrons. The molecule has 1 aromatic carbocycles. The number of benzene rings is 1. The molecule has 104 valence electrons. The maximum Gasteiger partial charge on any atom is 0.248 e. The van der Waals surface area contributed by atoms with E-state index in [-0.39, 0.29) is 17.9 Å². The van der Waals surface area contributed by atoms with Gasteiger partial charge in [-0.2, -0.15) is 0 Å². The van der Waals surface area contributed by atoms with Crippen LogP contribution < -0.4 is 0 Å². The van der Waals surface area contributed by atoms with Crippen molar-refractivity contribution in [1.29, 1.82) is 0 Å². The average Bonchev–Trinajstić information content (AvgIpc) is 2.27. The molecule has 1 saturated heterocycles. The molecule has 0 unspecified atom stereocenters. The predicted molar refractivity (Wildman–Crippen MR) is 76.3 cm³/mol. The number of amides is 1. The SMILES string of the molecule is COCC(=O)N1CC(c2ccc(C(C)(C)C)cc2)C1. The van der Waals surface area contributed by atoms with Gasteiger partial charge in [-0.05, 0) is 16.5 Å². The molecule has 1 fully saturated rings. The number of methoxy groups -OCH3 is 1. The summed E-state index contributed by atoms with van der Waals surface area (Å²) in [5.41, 5.74) is 2.87. The van der Waals surface area contributed by atoms with Crippen molar-refractivity contribution in [3.8, 4) is 0 Å². The van der Waals surface area contributed by atoms with Gasteiger partial charge in [0.05, 0.1) is 0 Å². The van der Waals surface area contributed by atoms with Gasteiger partial charge in [-0.15, -0.1) is 0 Å². The van der Waals surface area contributed by atoms with Crippen LogP contribution in [0.25, 0.3) is 0 Å². The Kier molecular flexibility index (Phi) is 3.95. The Morgan fingerprint density at radius 2 is 1.84 bits per heavy atom. The topological polar surface area (TPSA) is 29.5 Å². The molecule has 0 aromatic heterocycles. The largest absolute Gasteiger partial charge is 0.375 e. The van der Waals surface area contributed by atoms with Crippen LogP contribution in [0.3, 0.4) is 0 Å². The van der Waals surface area contributed by atoms with Crippen LogP contribution in [0.5, 0.6) is 0 Å². The molecule has 1 heterocycles. The minimum atomic E-state index is 0.0880. The zero-order valence-corrected chi connectivity index (χ0v) is 12.3. The molecule has 19 heavy (non-hydrogen) atoms. The van der Waals surface area contributed by atoms with Crippen molar-refractivity contribution < 1.29 is 9.53 Å². The van der Waals surface area contributed by atoms with E-state index in [9.17, 15) is 4.79 Å². The maximum absolute atomic E-state index is 11.6. The van der Waals surface area contributed by atoms with E-state index in [0.29, 0.717) is 5.92 Å². The number of hydrogen-bond donors (Lipinski definition) is 0. The monoisotopic (exact) mass is 261 g/mol. The molecule has 1 aromatic rings. The molecule has 3 heteroatoms. The van der Waals surface area contributed by atoms with Crippen LogP contribution in [-0.2, 0) is 14.9 Å². The summed E-state index contributed by atoms with van der Waals surface area (Å²) in [5, 5.41) is 0. The Morgan fingerprint density at radius 1 is 1.26 bits per heavy atom. The van der Waals surface area contributed by atoms with Crippen LogP contribution in [-0.4, -0.2) is 37.6 Å². The molecular formula is C16H23NO2. The lowest BCUT2D eigenvalue weighted by Crippen LogP contribution is -2.49. The number of carbonyl (C=O) groups is 1. The van der Waals surface area contributed by atoms with Gasteiger partial charge < -0.3 is 9.64 Å². The predicted octanol–water partition coefficient (Wildman–Crippen LogP) is 2.56. The van der Waals surface area contributed by atoms with Crippen LogP contribution >= 0.6 is 0 Å². The quantitative estimate of drug-likeness (QED) is 0.837. The zero-order valence-electron chi connectivity index (χ0n) is 12.3. The average molecular weight is 261 g/mol. The minimum Gasteiger partial charge on any atom is -0.375 e. The molecule has 0 N–H and O–H groups in total. The third-order valence-electron chi connectivity index (χ3n) is 3.75. The summed E-state index contributed by atoms with van der Waals surface area (Å²) in [6.45, 7) is 8.48. The van der Waals surface area contributed by atoms with Crippen LogP contribution in [0.2, 0.25) is 0 Å². The van der Waals surface area contributed by atoms with Crippen LogP contribution in [0.1, 0.15) is 37.8 Å². The first-order chi connectivity index (χ1) is 8.91. The molecule has 1 aliphatic heterocycles. The van der Waals surface area contributed by atoms with Gasteiger partial charge in [-0.25, -0.2) is 0 Å². The van der Waals surface area contributed by atoms with Crippen LogP contribution in [0.4, 0.5) is 0 Å². The fraction of sp³-hybridized carbons (Fsp3) is 0.562. The number of rotatable bonds is 3. The fourth-order valence-corrected chi connectivity index (χ4v) is 2.36. The molecule has 1 amide bonds. The molecule has 0 bridgehead atoms. The van der Waals surface area contributed by atoms with Gasteiger partial charge in [0.25, 0.3) is 0 Å². The molecule has 1 aliphatic rings. The maximum atomic E-state index is 11.6. The molecule has 0 saturated carbocycles. The van der Waals surface area contributed by atoms with Gasteiger partial charge >= 0.3 is 0 Å². The first-order valence-electron chi connectivity index (χ1n) is 6.79. The summed E-state index contributed by atoms with van der Waals surface area (Å²) < 4.78 is 4.86. The van der Waals surface area contributed by atoms with Crippen molar-refractivity contribution in [1.82, 2.24) is 4.90 Å². The van der Waals surface area contributed by atoms with Gasteiger partial charge in [0, 0.05) is 26.1 Å². The van der Waals surface area contributed by atoms with Crippen molar-refractivity contribution in [3.63, 3.8) is 0 Å². The second-order valence-corrected chi connectivity index (χ2v) is 6.30. The number of likely N-dealkylation sites (tertiary alicyclic amines) is 1.